The fraction of sp³-hybridized carbons (Fsp3) is 0.500. The van der Waals surface area contributed by atoms with E-state index in [1.807, 2.05) is 0 Å². The average Bonchev–Trinajstić information content (AvgIpc) is 1.79. The first-order chi connectivity index (χ1) is 6.83. The average molecular weight is 664 g/mol. The van der Waals surface area contributed by atoms with Crippen molar-refractivity contribution in [3.05, 3.63) is 46.9 Å². The zero-order valence-electron chi connectivity index (χ0n) is 10.9. The van der Waals surface area contributed by atoms with E-state index in [1.54, 1.807) is 0 Å². The van der Waals surface area contributed by atoms with E-state index in [-0.39, 0.29) is 44.8 Å². The summed E-state index contributed by atoms with van der Waals surface area (Å²) < 4.78 is 0. The Morgan fingerprint density at radius 2 is 0.722 bits per heavy atom. The Labute approximate surface area is 143 Å². The van der Waals surface area contributed by atoms with Gasteiger partial charge in [-0.1, -0.05) is 0 Å². The molecule has 0 saturated carbocycles. The molecule has 120 valence electrons. The summed E-state index contributed by atoms with van der Waals surface area (Å²) in [6.45, 7) is 23.4. The molecule has 0 atom stereocenters. The maximum Gasteiger partial charge on any atom is 1.00 e. The summed E-state index contributed by atoms with van der Waals surface area (Å²) in [7, 11) is -1.78. The van der Waals surface area contributed by atoms with E-state index in [0.29, 0.717) is 0 Å². The zero-order chi connectivity index (χ0) is 14.4. The topological polar surface area (TPSA) is 105 Å². The Hall–Kier alpha value is 1.14. The van der Waals surface area contributed by atoms with E-state index in [9.17, 15) is 0 Å². The molecule has 0 N–H and O–H groups in total. The predicted molar refractivity (Wildman–Crippen MR) is 77.3 cm³/mol. The van der Waals surface area contributed by atoms with Gasteiger partial charge in [0.15, 0.2) is 0 Å². The summed E-state index contributed by atoms with van der Waals surface area (Å²) in [6.07, 6.45) is 0. The number of rotatable bonds is 0. The molecule has 0 radical (unpaired) electrons. The van der Waals surface area contributed by atoms with Crippen molar-refractivity contribution in [2.45, 2.75) is 0 Å². The Balaban J connectivity index is -0.0000000265. The van der Waals surface area contributed by atoms with E-state index >= 15 is 0 Å². The van der Waals surface area contributed by atoms with Gasteiger partial charge in [-0.15, -0.1) is 10.7 Å². The van der Waals surface area contributed by atoms with Crippen molar-refractivity contribution in [2.24, 2.45) is 10.7 Å². The molecule has 0 aromatic rings. The molecule has 0 aliphatic rings. The van der Waals surface area contributed by atoms with Crippen molar-refractivity contribution in [1.29, 1.82) is 0 Å². The van der Waals surface area contributed by atoms with Gasteiger partial charge in [0.2, 0.25) is 0 Å². The van der Waals surface area contributed by atoms with Crippen LogP contribution in [0.25, 0.3) is 0 Å². The molecule has 0 heterocycles. The zero-order valence-corrected chi connectivity index (χ0v) is 17.0. The van der Waals surface area contributed by atoms with Crippen LogP contribution in [-0.4, -0.2) is 26.7 Å². The Kier molecular flexibility index (Phi) is 47.1. The number of hydrogen-bond donors (Lipinski definition) is 0. The van der Waals surface area contributed by atoms with Crippen molar-refractivity contribution in [1.82, 2.24) is 0 Å². The molecular weight excluding hydrogens is 644 g/mol. The van der Waals surface area contributed by atoms with Crippen LogP contribution in [0.15, 0.2) is 10.7 Å². The third-order valence-electron chi connectivity index (χ3n) is 0. The van der Waals surface area contributed by atoms with Gasteiger partial charge in [-0.3, -0.25) is 14.5 Å². The maximum absolute atomic E-state index is 8.00. The van der Waals surface area contributed by atoms with Crippen LogP contribution in [0.2, 0.25) is 0 Å². The van der Waals surface area contributed by atoms with Crippen LogP contribution in [-0.2, 0) is 44.8 Å². The van der Waals surface area contributed by atoms with Gasteiger partial charge < -0.3 is 20.2 Å². The van der Waals surface area contributed by atoms with Crippen LogP contribution in [0.1, 0.15) is 0 Å². The van der Waals surface area contributed by atoms with Crippen molar-refractivity contribution < 1.29 is 44.8 Å². The standard InChI is InChI=1S/2C4H10P.2Au.2HNO2/c2*1-5(2,3)4;;;2*2-1-3/h2*1-2H2,3-4H3;;;2*(H,2,3)/q2*-1;2*+1;;/p-2. The third kappa shape index (κ3) is 3430. The molecule has 0 spiro atoms. The second kappa shape index (κ2) is 23.2. The Morgan fingerprint density at radius 3 is 0.722 bits per heavy atom. The minimum atomic E-state index is -0.889. The molecule has 0 rings (SSSR count). The molecule has 10 heteroatoms. The first kappa shape index (κ1) is 36.5. The first-order valence-electron chi connectivity index (χ1n) is 3.78. The molecule has 0 fully saturated rings. The molecule has 0 aromatic heterocycles. The van der Waals surface area contributed by atoms with Crippen LogP contribution < -0.4 is 0 Å². The number of hydrogen-bond acceptors (Lipinski definition) is 6. The molecule has 0 aromatic carbocycles. The second-order valence-corrected chi connectivity index (χ2v) is 11.8. The van der Waals surface area contributed by atoms with Crippen LogP contribution in [0.3, 0.4) is 0 Å². The van der Waals surface area contributed by atoms with E-state index in [1.165, 1.54) is 0 Å². The van der Waals surface area contributed by atoms with Crippen molar-refractivity contribution in [3.8, 4) is 0 Å². The Bertz CT molecular complexity index is 134. The van der Waals surface area contributed by atoms with Gasteiger partial charge in [0.1, 0.15) is 0 Å². The van der Waals surface area contributed by atoms with Crippen molar-refractivity contribution in [2.75, 3.05) is 26.7 Å². The van der Waals surface area contributed by atoms with Gasteiger partial charge in [0.05, 0.1) is 0 Å². The smallest absolute Gasteiger partial charge is 0.444 e. The molecular formula is C8H20Au2N2O4P2-2. The van der Waals surface area contributed by atoms with Crippen LogP contribution in [0, 0.1) is 46.9 Å². The second-order valence-electron chi connectivity index (χ2n) is 4.02. The molecule has 0 amide bonds. The summed E-state index contributed by atoms with van der Waals surface area (Å²) >= 11 is 0. The van der Waals surface area contributed by atoms with Gasteiger partial charge in [-0.05, 0) is 26.7 Å². The van der Waals surface area contributed by atoms with Crippen molar-refractivity contribution >= 4 is 14.5 Å². The summed E-state index contributed by atoms with van der Waals surface area (Å²) in [5.41, 5.74) is 0. The van der Waals surface area contributed by atoms with Crippen LogP contribution in [0.5, 0.6) is 0 Å². The summed E-state index contributed by atoms with van der Waals surface area (Å²) in [5, 5.41) is 18.0. The van der Waals surface area contributed by atoms with E-state index in [4.69, 9.17) is 20.2 Å². The molecule has 0 saturated heterocycles. The minimum Gasteiger partial charge on any atom is -0.444 e. The molecule has 0 unspecified atom stereocenters. The molecule has 18 heavy (non-hydrogen) atoms. The minimum absolute atomic E-state index is 0. The third-order valence-corrected chi connectivity index (χ3v) is 0. The quantitative estimate of drug-likeness (QED) is 0.127. The van der Waals surface area contributed by atoms with Crippen molar-refractivity contribution in [3.63, 3.8) is 0 Å². The summed E-state index contributed by atoms with van der Waals surface area (Å²) in [6, 6.07) is 0. The normalized spacial score (nSPS) is 8.00. The van der Waals surface area contributed by atoms with Gasteiger partial charge in [-0.25, -0.2) is 26.7 Å². The summed E-state index contributed by atoms with van der Waals surface area (Å²) in [5.74, 6) is 0. The largest absolute Gasteiger partial charge is 1.00 e. The SMILES string of the molecule is O=N[O-].O=N[O-].[Au+].[Au+].[CH2-][P+]([CH2-])(C)C.[CH2-][P+]([CH2-])(C)C. The summed E-state index contributed by atoms with van der Waals surface area (Å²) in [4.78, 5) is 16.0. The van der Waals surface area contributed by atoms with E-state index in [2.05, 4.69) is 53.3 Å². The fourth-order valence-corrected chi connectivity index (χ4v) is 0. The van der Waals surface area contributed by atoms with E-state index in [0.717, 1.165) is 10.7 Å². The van der Waals surface area contributed by atoms with Gasteiger partial charge in [0.25, 0.3) is 0 Å². The first-order valence-corrected chi connectivity index (χ1v) is 9.89. The van der Waals surface area contributed by atoms with Gasteiger partial charge in [0, 0.05) is 0 Å². The van der Waals surface area contributed by atoms with Gasteiger partial charge in [-0.2, -0.15) is 0 Å². The van der Waals surface area contributed by atoms with E-state index < -0.39 is 14.5 Å². The molecule has 0 aliphatic carbocycles. The van der Waals surface area contributed by atoms with Crippen LogP contribution in [0.4, 0.5) is 0 Å². The maximum atomic E-state index is 8.00. The Morgan fingerprint density at radius 1 is 0.722 bits per heavy atom. The monoisotopic (exact) mass is 664 g/mol. The fourth-order valence-electron chi connectivity index (χ4n) is 0. The number of nitrogens with zero attached hydrogens (tertiary/aromatic N) is 2. The van der Waals surface area contributed by atoms with Gasteiger partial charge >= 0.3 is 44.8 Å². The molecule has 0 aliphatic heterocycles. The molecule has 0 bridgehead atoms. The molecule has 6 nitrogen and oxygen atoms in total. The van der Waals surface area contributed by atoms with Crippen LogP contribution >= 0.6 is 14.5 Å². The predicted octanol–water partition coefficient (Wildman–Crippen LogP) is 4.19.